The van der Waals surface area contributed by atoms with Crippen LogP contribution in [0.5, 0.6) is 11.5 Å². The maximum absolute atomic E-state index is 13.5. The predicted molar refractivity (Wildman–Crippen MR) is 117 cm³/mol. The van der Waals surface area contributed by atoms with E-state index in [1.807, 2.05) is 19.1 Å². The lowest BCUT2D eigenvalue weighted by molar-refractivity contribution is -0.132. The smallest absolute Gasteiger partial charge is 0.308 e. The molecular formula is C25H33FO4. The topological polar surface area (TPSA) is 52.6 Å². The quantitative estimate of drug-likeness (QED) is 0.207. The molecule has 30 heavy (non-hydrogen) atoms. The molecule has 4 nitrogen and oxygen atoms in total. The van der Waals surface area contributed by atoms with Crippen LogP contribution in [0.25, 0.3) is 0 Å². The van der Waals surface area contributed by atoms with Crippen LogP contribution < -0.4 is 9.47 Å². The summed E-state index contributed by atoms with van der Waals surface area (Å²) >= 11 is 0. The van der Waals surface area contributed by atoms with E-state index >= 15 is 0 Å². The Balaban J connectivity index is 2.65. The molecule has 0 N–H and O–H groups in total. The van der Waals surface area contributed by atoms with Crippen LogP contribution in [0, 0.1) is 5.92 Å². The number of halogens is 1. The molecule has 0 amide bonds. The van der Waals surface area contributed by atoms with Crippen molar-refractivity contribution in [1.82, 2.24) is 0 Å². The number of hydrogen-bond donors (Lipinski definition) is 0. The van der Waals surface area contributed by atoms with E-state index < -0.39 is 18.6 Å². The molecule has 0 saturated heterocycles. The monoisotopic (exact) mass is 416 g/mol. The van der Waals surface area contributed by atoms with Crippen molar-refractivity contribution >= 4 is 11.9 Å². The van der Waals surface area contributed by atoms with Gasteiger partial charge in [0.05, 0.1) is 0 Å². The summed E-state index contributed by atoms with van der Waals surface area (Å²) < 4.78 is 24.7. The molecule has 1 aliphatic carbocycles. The molecule has 0 aromatic heterocycles. The van der Waals surface area contributed by atoms with Crippen molar-refractivity contribution in [3.8, 4) is 11.5 Å². The predicted octanol–water partition coefficient (Wildman–Crippen LogP) is 6.24. The van der Waals surface area contributed by atoms with Gasteiger partial charge in [0.2, 0.25) is 0 Å². The first-order chi connectivity index (χ1) is 14.3. The Morgan fingerprint density at radius 3 is 2.23 bits per heavy atom. The number of hydrogen-bond acceptors (Lipinski definition) is 4. The summed E-state index contributed by atoms with van der Waals surface area (Å²) in [6, 6.07) is 3.71. The van der Waals surface area contributed by atoms with Crippen molar-refractivity contribution in [1.29, 1.82) is 0 Å². The van der Waals surface area contributed by atoms with Gasteiger partial charge in [-0.15, -0.1) is 0 Å². The van der Waals surface area contributed by atoms with Crippen molar-refractivity contribution in [3.63, 3.8) is 0 Å². The van der Waals surface area contributed by atoms with E-state index in [9.17, 15) is 14.0 Å². The molecule has 0 fully saturated rings. The van der Waals surface area contributed by atoms with Gasteiger partial charge in [-0.25, -0.2) is 4.39 Å². The zero-order valence-corrected chi connectivity index (χ0v) is 18.6. The summed E-state index contributed by atoms with van der Waals surface area (Å²) in [6.45, 7) is 10.2. The van der Waals surface area contributed by atoms with Crippen LogP contribution >= 0.6 is 0 Å². The number of unbranched alkanes of at least 4 members (excludes halogenated alkanes) is 2. The van der Waals surface area contributed by atoms with Crippen LogP contribution in [0.15, 0.2) is 35.9 Å². The average Bonchev–Trinajstić information content (AvgIpc) is 2.66. The second-order valence-corrected chi connectivity index (χ2v) is 8.13. The number of rotatable bonds is 9. The molecule has 0 bridgehead atoms. The molecule has 1 aromatic rings. The van der Waals surface area contributed by atoms with Crippen molar-refractivity contribution in [2.24, 2.45) is 5.92 Å². The molecule has 164 valence electrons. The molecule has 0 unspecified atom stereocenters. The van der Waals surface area contributed by atoms with Crippen LogP contribution in [0.1, 0.15) is 76.8 Å². The van der Waals surface area contributed by atoms with Crippen molar-refractivity contribution in [2.75, 3.05) is 6.67 Å². The van der Waals surface area contributed by atoms with Gasteiger partial charge in [-0.05, 0) is 61.8 Å². The number of esters is 2. The number of allylic oxidation sites excluding steroid dienone is 3. The fourth-order valence-electron chi connectivity index (χ4n) is 4.10. The second kappa shape index (κ2) is 11.1. The van der Waals surface area contributed by atoms with E-state index in [1.165, 1.54) is 13.8 Å². The van der Waals surface area contributed by atoms with Crippen molar-refractivity contribution < 1.29 is 23.5 Å². The Kier molecular flexibility index (Phi) is 8.82. The molecule has 0 heterocycles. The van der Waals surface area contributed by atoms with E-state index in [2.05, 4.69) is 19.6 Å². The molecule has 0 radical (unpaired) electrons. The molecular weight excluding hydrogens is 383 g/mol. The zero-order valence-electron chi connectivity index (χ0n) is 18.6. The Morgan fingerprint density at radius 2 is 1.73 bits per heavy atom. The highest BCUT2D eigenvalue weighted by molar-refractivity contribution is 5.73. The highest BCUT2D eigenvalue weighted by Gasteiger charge is 2.33. The summed E-state index contributed by atoms with van der Waals surface area (Å²) in [7, 11) is 0. The molecule has 1 aliphatic rings. The largest absolute Gasteiger partial charge is 0.426 e. The summed E-state index contributed by atoms with van der Waals surface area (Å²) in [5, 5.41) is 0. The number of carbonyl (C=O) groups excluding carboxylic acids is 2. The van der Waals surface area contributed by atoms with Gasteiger partial charge in [-0.3, -0.25) is 9.59 Å². The lowest BCUT2D eigenvalue weighted by atomic mass is 9.73. The molecule has 5 heteroatoms. The standard InChI is InChI=1S/C25H33FO4/c1-6-7-8-9-20-13-23(29-18(4)27)25(24(14-20)30-19(5)28)22-12-16(2)10-11-21(22)17(3)15-26/h12-14,21-22H,3,6-11,15H2,1-2,4-5H3/t21-,22+/m0/s1. The third-order valence-electron chi connectivity index (χ3n) is 5.52. The fourth-order valence-corrected chi connectivity index (χ4v) is 4.10. The lowest BCUT2D eigenvalue weighted by Gasteiger charge is -2.32. The molecule has 0 spiro atoms. The highest BCUT2D eigenvalue weighted by atomic mass is 19.1. The van der Waals surface area contributed by atoms with Gasteiger partial charge in [-0.2, -0.15) is 0 Å². The summed E-state index contributed by atoms with van der Waals surface area (Å²) in [5.41, 5.74) is 3.21. The van der Waals surface area contributed by atoms with Crippen molar-refractivity contribution in [3.05, 3.63) is 47.1 Å². The second-order valence-electron chi connectivity index (χ2n) is 8.13. The average molecular weight is 417 g/mol. The maximum Gasteiger partial charge on any atom is 0.308 e. The molecule has 0 aliphatic heterocycles. The summed E-state index contributed by atoms with van der Waals surface area (Å²) in [6.07, 6.45) is 7.59. The summed E-state index contributed by atoms with van der Waals surface area (Å²) in [4.78, 5) is 23.7. The Bertz CT molecular complexity index is 787. The van der Waals surface area contributed by atoms with E-state index in [1.54, 1.807) is 0 Å². The Morgan fingerprint density at radius 1 is 1.13 bits per heavy atom. The Hall–Kier alpha value is -2.43. The number of ether oxygens (including phenoxy) is 2. The van der Waals surface area contributed by atoms with Gasteiger partial charge >= 0.3 is 11.9 Å². The minimum atomic E-state index is -0.616. The van der Waals surface area contributed by atoms with Gasteiger partial charge in [0.15, 0.2) is 0 Å². The fraction of sp³-hybridized carbons (Fsp3) is 0.520. The first kappa shape index (κ1) is 23.8. The van der Waals surface area contributed by atoms with Gasteiger partial charge < -0.3 is 9.47 Å². The van der Waals surface area contributed by atoms with E-state index in [0.717, 1.165) is 49.7 Å². The zero-order chi connectivity index (χ0) is 22.3. The minimum absolute atomic E-state index is 0.159. The molecule has 2 atom stereocenters. The number of carbonyl (C=O) groups is 2. The minimum Gasteiger partial charge on any atom is -0.426 e. The SMILES string of the molecule is C=C(CF)[C@@H]1CCC(C)=C[C@H]1c1c(OC(C)=O)cc(CCCCC)cc1OC(C)=O. The van der Waals surface area contributed by atoms with Crippen LogP contribution in [0.2, 0.25) is 0 Å². The lowest BCUT2D eigenvalue weighted by Crippen LogP contribution is -2.21. The van der Waals surface area contributed by atoms with E-state index in [4.69, 9.17) is 9.47 Å². The normalized spacial score (nSPS) is 18.5. The van der Waals surface area contributed by atoms with Gasteiger partial charge in [-0.1, -0.05) is 38.0 Å². The number of aryl methyl sites for hydroxylation is 1. The Labute approximate surface area is 179 Å². The third kappa shape index (κ3) is 6.28. The first-order valence-corrected chi connectivity index (χ1v) is 10.7. The first-order valence-electron chi connectivity index (χ1n) is 10.7. The number of alkyl halides is 1. The van der Waals surface area contributed by atoms with Gasteiger partial charge in [0.25, 0.3) is 0 Å². The summed E-state index contributed by atoms with van der Waals surface area (Å²) in [5.74, 6) is -0.592. The third-order valence-corrected chi connectivity index (χ3v) is 5.52. The van der Waals surface area contributed by atoms with Crippen molar-refractivity contribution in [2.45, 2.75) is 72.1 Å². The molecule has 1 aromatic carbocycles. The molecule has 2 rings (SSSR count). The number of benzene rings is 1. The van der Waals surface area contributed by atoms with E-state index in [0.29, 0.717) is 22.6 Å². The van der Waals surface area contributed by atoms with E-state index in [-0.39, 0.29) is 11.8 Å². The highest BCUT2D eigenvalue weighted by Crippen LogP contribution is 2.47. The van der Waals surface area contributed by atoms with Gasteiger partial charge in [0.1, 0.15) is 18.2 Å². The van der Waals surface area contributed by atoms with Crippen LogP contribution in [-0.4, -0.2) is 18.6 Å². The maximum atomic E-state index is 13.5. The molecule has 0 saturated carbocycles. The van der Waals surface area contributed by atoms with Gasteiger partial charge in [0, 0.05) is 25.3 Å². The van der Waals surface area contributed by atoms with Crippen LogP contribution in [-0.2, 0) is 16.0 Å². The van der Waals surface area contributed by atoms with Crippen LogP contribution in [0.4, 0.5) is 4.39 Å². The van der Waals surface area contributed by atoms with Crippen LogP contribution in [0.3, 0.4) is 0 Å².